The zero-order chi connectivity index (χ0) is 17.2. The average molecular weight is 327 g/mol. The summed E-state index contributed by atoms with van der Waals surface area (Å²) in [6.45, 7) is 7.06. The van der Waals surface area contributed by atoms with Gasteiger partial charge in [-0.25, -0.2) is 4.98 Å². The van der Waals surface area contributed by atoms with Crippen LogP contribution in [-0.4, -0.2) is 22.4 Å². The zero-order valence-electron chi connectivity index (χ0n) is 15.1. The van der Waals surface area contributed by atoms with Gasteiger partial charge in [0, 0.05) is 13.0 Å². The number of nitrogens with zero attached hydrogens (tertiary/aromatic N) is 1. The number of imidazole rings is 1. The molecule has 1 saturated carbocycles. The van der Waals surface area contributed by atoms with Gasteiger partial charge in [-0.15, -0.1) is 0 Å². The lowest BCUT2D eigenvalue weighted by Gasteiger charge is -2.42. The predicted octanol–water partition coefficient (Wildman–Crippen LogP) is 4.22. The molecule has 4 nitrogen and oxygen atoms in total. The summed E-state index contributed by atoms with van der Waals surface area (Å²) in [7, 11) is 0. The van der Waals surface area contributed by atoms with E-state index in [-0.39, 0.29) is 5.91 Å². The molecule has 1 aromatic heterocycles. The van der Waals surface area contributed by atoms with Crippen molar-refractivity contribution < 1.29 is 4.79 Å². The molecule has 0 radical (unpaired) electrons. The van der Waals surface area contributed by atoms with Gasteiger partial charge in [-0.3, -0.25) is 4.79 Å². The van der Waals surface area contributed by atoms with Crippen molar-refractivity contribution in [1.29, 1.82) is 0 Å². The van der Waals surface area contributed by atoms with E-state index in [4.69, 9.17) is 0 Å². The third kappa shape index (κ3) is 3.47. The predicted molar refractivity (Wildman–Crippen MR) is 97.8 cm³/mol. The van der Waals surface area contributed by atoms with Crippen molar-refractivity contribution in [2.75, 3.05) is 6.54 Å². The van der Waals surface area contributed by atoms with Crippen LogP contribution in [-0.2, 0) is 11.2 Å². The number of aromatic nitrogens is 2. The first-order chi connectivity index (χ1) is 11.4. The molecule has 0 bridgehead atoms. The second-order valence-electron chi connectivity index (χ2n) is 8.05. The number of fused-ring (bicyclic) bond motifs is 1. The lowest BCUT2D eigenvalue weighted by atomic mass is 9.66. The Hall–Kier alpha value is -1.84. The van der Waals surface area contributed by atoms with Gasteiger partial charge >= 0.3 is 0 Å². The minimum absolute atomic E-state index is 0.130. The summed E-state index contributed by atoms with van der Waals surface area (Å²) in [6, 6.07) is 7.99. The fourth-order valence-electron chi connectivity index (χ4n) is 3.82. The lowest BCUT2D eigenvalue weighted by Crippen LogP contribution is -2.46. The van der Waals surface area contributed by atoms with Gasteiger partial charge in [0.05, 0.1) is 16.4 Å². The summed E-state index contributed by atoms with van der Waals surface area (Å²) >= 11 is 0. The van der Waals surface area contributed by atoms with Crippen LogP contribution in [0.2, 0.25) is 0 Å². The van der Waals surface area contributed by atoms with Crippen LogP contribution in [0, 0.1) is 10.8 Å². The van der Waals surface area contributed by atoms with E-state index in [9.17, 15) is 4.79 Å². The normalized spacial score (nSPS) is 16.8. The highest BCUT2D eigenvalue weighted by Crippen LogP contribution is 2.44. The standard InChI is InChI=1S/C20H29N3O/c1-4-10-20(11-7-12-20)14-21-18(24)19(2,3)13-17-22-15-8-5-6-9-16(15)23-17/h5-6,8-9H,4,7,10-14H2,1-3H3,(H,21,24)(H,22,23). The minimum atomic E-state index is -0.467. The van der Waals surface area contributed by atoms with Crippen LogP contribution in [0.1, 0.15) is 58.7 Å². The third-order valence-corrected chi connectivity index (χ3v) is 5.48. The molecule has 0 atom stereocenters. The van der Waals surface area contributed by atoms with Gasteiger partial charge in [-0.1, -0.05) is 45.7 Å². The fraction of sp³-hybridized carbons (Fsp3) is 0.600. The van der Waals surface area contributed by atoms with Gasteiger partial charge in [0.2, 0.25) is 5.91 Å². The number of rotatable bonds is 7. The quantitative estimate of drug-likeness (QED) is 0.800. The third-order valence-electron chi connectivity index (χ3n) is 5.48. The topological polar surface area (TPSA) is 57.8 Å². The molecule has 0 aliphatic heterocycles. The maximum absolute atomic E-state index is 12.7. The molecule has 2 N–H and O–H groups in total. The molecule has 1 fully saturated rings. The van der Waals surface area contributed by atoms with Gasteiger partial charge in [0.15, 0.2) is 0 Å². The molecule has 1 aliphatic rings. The Balaban J connectivity index is 1.62. The largest absolute Gasteiger partial charge is 0.355 e. The second-order valence-corrected chi connectivity index (χ2v) is 8.05. The van der Waals surface area contributed by atoms with Crippen molar-refractivity contribution >= 4 is 16.9 Å². The van der Waals surface area contributed by atoms with Crippen LogP contribution in [0.3, 0.4) is 0 Å². The SMILES string of the molecule is CCCC1(CNC(=O)C(C)(C)Cc2nc3ccccc3[nH]2)CCC1. The van der Waals surface area contributed by atoms with Crippen molar-refractivity contribution in [2.45, 2.75) is 59.3 Å². The van der Waals surface area contributed by atoms with Crippen molar-refractivity contribution in [3.8, 4) is 0 Å². The highest BCUT2D eigenvalue weighted by atomic mass is 16.2. The van der Waals surface area contributed by atoms with Crippen LogP contribution < -0.4 is 5.32 Å². The van der Waals surface area contributed by atoms with Gasteiger partial charge in [0.1, 0.15) is 5.82 Å². The number of benzene rings is 1. The number of nitrogens with one attached hydrogen (secondary N) is 2. The molecule has 0 unspecified atom stereocenters. The Labute approximate surface area is 144 Å². The van der Waals surface area contributed by atoms with Crippen molar-refractivity contribution in [2.24, 2.45) is 10.8 Å². The van der Waals surface area contributed by atoms with Crippen LogP contribution in [0.4, 0.5) is 0 Å². The first kappa shape index (κ1) is 17.0. The summed E-state index contributed by atoms with van der Waals surface area (Å²) in [5, 5.41) is 3.22. The van der Waals surface area contributed by atoms with E-state index in [0.29, 0.717) is 11.8 Å². The molecule has 1 amide bonds. The number of carbonyl (C=O) groups excluding carboxylic acids is 1. The van der Waals surface area contributed by atoms with Gasteiger partial charge in [0.25, 0.3) is 0 Å². The van der Waals surface area contributed by atoms with E-state index in [2.05, 4.69) is 22.2 Å². The van der Waals surface area contributed by atoms with E-state index in [1.165, 1.54) is 32.1 Å². The van der Waals surface area contributed by atoms with Gasteiger partial charge in [-0.2, -0.15) is 0 Å². The van der Waals surface area contributed by atoms with Crippen LogP contribution in [0.15, 0.2) is 24.3 Å². The maximum Gasteiger partial charge on any atom is 0.226 e. The van der Waals surface area contributed by atoms with Crippen molar-refractivity contribution in [1.82, 2.24) is 15.3 Å². The number of H-pyrrole nitrogens is 1. The molecule has 24 heavy (non-hydrogen) atoms. The number of para-hydroxylation sites is 2. The number of hydrogen-bond acceptors (Lipinski definition) is 2. The fourth-order valence-corrected chi connectivity index (χ4v) is 3.82. The van der Waals surface area contributed by atoms with Gasteiger partial charge in [-0.05, 0) is 36.8 Å². The molecular weight excluding hydrogens is 298 g/mol. The smallest absolute Gasteiger partial charge is 0.226 e. The molecule has 0 saturated heterocycles. The summed E-state index contributed by atoms with van der Waals surface area (Å²) in [5.41, 5.74) is 1.88. The molecule has 4 heteroatoms. The van der Waals surface area contributed by atoms with E-state index in [1.807, 2.05) is 38.1 Å². The highest BCUT2D eigenvalue weighted by Gasteiger charge is 2.38. The summed E-state index contributed by atoms with van der Waals surface area (Å²) in [4.78, 5) is 20.7. The zero-order valence-corrected chi connectivity index (χ0v) is 15.1. The Bertz CT molecular complexity index is 679. The van der Waals surface area contributed by atoms with Crippen LogP contribution in [0.5, 0.6) is 0 Å². The molecule has 0 spiro atoms. The number of carbonyl (C=O) groups is 1. The molecule has 130 valence electrons. The first-order valence-electron chi connectivity index (χ1n) is 9.16. The van der Waals surface area contributed by atoms with Gasteiger partial charge < -0.3 is 10.3 Å². The molecule has 3 rings (SSSR count). The Morgan fingerprint density at radius 1 is 1.33 bits per heavy atom. The number of amides is 1. The van der Waals surface area contributed by atoms with Crippen LogP contribution >= 0.6 is 0 Å². The molecular formula is C20H29N3O. The van der Waals surface area contributed by atoms with Crippen molar-refractivity contribution in [3.63, 3.8) is 0 Å². The van der Waals surface area contributed by atoms with E-state index in [0.717, 1.165) is 23.4 Å². The summed E-state index contributed by atoms with van der Waals surface area (Å²) < 4.78 is 0. The van der Waals surface area contributed by atoms with Crippen LogP contribution in [0.25, 0.3) is 11.0 Å². The van der Waals surface area contributed by atoms with E-state index < -0.39 is 5.41 Å². The Morgan fingerprint density at radius 2 is 2.08 bits per heavy atom. The first-order valence-corrected chi connectivity index (χ1v) is 9.16. The molecule has 2 aromatic rings. The lowest BCUT2D eigenvalue weighted by molar-refractivity contribution is -0.130. The maximum atomic E-state index is 12.7. The Kier molecular flexibility index (Phi) is 4.66. The monoisotopic (exact) mass is 327 g/mol. The highest BCUT2D eigenvalue weighted by molar-refractivity contribution is 5.82. The summed E-state index contributed by atoms with van der Waals surface area (Å²) in [5.74, 6) is 1.01. The second kappa shape index (κ2) is 6.58. The van der Waals surface area contributed by atoms with E-state index >= 15 is 0 Å². The number of hydrogen-bond donors (Lipinski definition) is 2. The minimum Gasteiger partial charge on any atom is -0.355 e. The Morgan fingerprint density at radius 3 is 2.71 bits per heavy atom. The van der Waals surface area contributed by atoms with Crippen molar-refractivity contribution in [3.05, 3.63) is 30.1 Å². The molecule has 1 heterocycles. The number of aromatic amines is 1. The summed E-state index contributed by atoms with van der Waals surface area (Å²) in [6.07, 6.45) is 6.85. The average Bonchev–Trinajstić information content (AvgIpc) is 2.90. The molecule has 1 aromatic carbocycles. The van der Waals surface area contributed by atoms with E-state index in [1.54, 1.807) is 0 Å². The molecule has 1 aliphatic carbocycles.